The zero-order valence-electron chi connectivity index (χ0n) is 9.66. The van der Waals surface area contributed by atoms with Gasteiger partial charge in [0.1, 0.15) is 0 Å². The van der Waals surface area contributed by atoms with Crippen LogP contribution in [0.5, 0.6) is 0 Å². The highest BCUT2D eigenvalue weighted by molar-refractivity contribution is 4.71. The molecule has 0 spiro atoms. The van der Waals surface area contributed by atoms with Gasteiger partial charge in [0.2, 0.25) is 0 Å². The van der Waals surface area contributed by atoms with Gasteiger partial charge in [-0.1, -0.05) is 32.1 Å². The number of aliphatic hydroxyl groups excluding tert-OH is 1. The number of hydrogen-bond donors (Lipinski definition) is 2. The topological polar surface area (TPSA) is 55.5 Å². The second-order valence-corrected chi connectivity index (χ2v) is 4.55. The summed E-state index contributed by atoms with van der Waals surface area (Å²) in [6.45, 7) is 1.47. The lowest BCUT2D eigenvalue weighted by Gasteiger charge is -2.25. The van der Waals surface area contributed by atoms with Crippen LogP contribution in [0.25, 0.3) is 0 Å². The van der Waals surface area contributed by atoms with E-state index in [9.17, 15) is 0 Å². The van der Waals surface area contributed by atoms with E-state index in [2.05, 4.69) is 0 Å². The van der Waals surface area contributed by atoms with E-state index in [4.69, 9.17) is 15.6 Å². The molecule has 0 heterocycles. The Morgan fingerprint density at radius 3 is 2.60 bits per heavy atom. The van der Waals surface area contributed by atoms with Crippen LogP contribution >= 0.6 is 0 Å². The average Bonchev–Trinajstić information content (AvgIpc) is 2.29. The minimum Gasteiger partial charge on any atom is -0.396 e. The third-order valence-corrected chi connectivity index (χ3v) is 3.24. The van der Waals surface area contributed by atoms with Crippen molar-refractivity contribution in [2.75, 3.05) is 19.8 Å². The van der Waals surface area contributed by atoms with Crippen LogP contribution in [0.4, 0.5) is 0 Å². The molecule has 0 radical (unpaired) electrons. The van der Waals surface area contributed by atoms with Gasteiger partial charge in [-0.15, -0.1) is 0 Å². The minimum atomic E-state index is 0.208. The smallest absolute Gasteiger partial charge is 0.0699 e. The number of nitrogens with two attached hydrogens (primary N) is 1. The zero-order chi connectivity index (χ0) is 10.9. The van der Waals surface area contributed by atoms with E-state index in [1.165, 1.54) is 32.1 Å². The van der Waals surface area contributed by atoms with Gasteiger partial charge >= 0.3 is 0 Å². The molecule has 0 saturated heterocycles. The maximum Gasteiger partial charge on any atom is 0.0699 e. The van der Waals surface area contributed by atoms with Gasteiger partial charge in [0, 0.05) is 19.8 Å². The second kappa shape index (κ2) is 8.08. The van der Waals surface area contributed by atoms with Crippen LogP contribution in [0.15, 0.2) is 0 Å². The van der Waals surface area contributed by atoms with E-state index in [0.717, 1.165) is 18.8 Å². The molecule has 15 heavy (non-hydrogen) atoms. The largest absolute Gasteiger partial charge is 0.396 e. The van der Waals surface area contributed by atoms with Crippen molar-refractivity contribution < 1.29 is 9.84 Å². The highest BCUT2D eigenvalue weighted by Gasteiger charge is 2.18. The summed E-state index contributed by atoms with van der Waals surface area (Å²) in [5, 5.41) is 8.66. The lowest BCUT2D eigenvalue weighted by atomic mass is 9.85. The first-order chi connectivity index (χ1) is 7.36. The fraction of sp³-hybridized carbons (Fsp3) is 1.00. The van der Waals surface area contributed by atoms with Crippen molar-refractivity contribution in [3.63, 3.8) is 0 Å². The molecule has 0 amide bonds. The first kappa shape index (κ1) is 12.9. The molecule has 1 rings (SSSR count). The van der Waals surface area contributed by atoms with E-state index in [1.807, 2.05) is 0 Å². The summed E-state index contributed by atoms with van der Waals surface area (Å²) in [5.74, 6) is 0.821. The number of aliphatic hydroxyl groups is 1. The Kier molecular flexibility index (Phi) is 6.98. The Labute approximate surface area is 93.0 Å². The predicted octanol–water partition coefficient (Wildman–Crippen LogP) is 1.68. The number of rotatable bonds is 7. The molecule has 0 aromatic rings. The fourth-order valence-electron chi connectivity index (χ4n) is 2.34. The number of ether oxygens (including phenoxy) is 1. The van der Waals surface area contributed by atoms with Crippen LogP contribution in [-0.4, -0.2) is 31.0 Å². The van der Waals surface area contributed by atoms with Crippen LogP contribution in [0.3, 0.4) is 0 Å². The minimum absolute atomic E-state index is 0.208. The molecular weight excluding hydrogens is 190 g/mol. The first-order valence-electron chi connectivity index (χ1n) is 6.29. The predicted molar refractivity (Wildman–Crippen MR) is 61.7 cm³/mol. The quantitative estimate of drug-likeness (QED) is 0.635. The summed E-state index contributed by atoms with van der Waals surface area (Å²) >= 11 is 0. The van der Waals surface area contributed by atoms with Gasteiger partial charge < -0.3 is 15.6 Å². The van der Waals surface area contributed by atoms with Gasteiger partial charge in [0.15, 0.2) is 0 Å². The lowest BCUT2D eigenvalue weighted by molar-refractivity contribution is 0.0301. The van der Waals surface area contributed by atoms with Crippen LogP contribution in [0.1, 0.15) is 44.9 Å². The molecule has 1 aliphatic rings. The lowest BCUT2D eigenvalue weighted by Crippen LogP contribution is -2.28. The van der Waals surface area contributed by atoms with Crippen molar-refractivity contribution in [1.29, 1.82) is 0 Å². The molecule has 1 unspecified atom stereocenters. The SMILES string of the molecule is NCC(CC1CCCCC1)OCCCO. The Morgan fingerprint density at radius 1 is 1.27 bits per heavy atom. The summed E-state index contributed by atoms with van der Waals surface area (Å²) in [6, 6.07) is 0. The van der Waals surface area contributed by atoms with Crippen molar-refractivity contribution in [2.45, 2.75) is 51.0 Å². The van der Waals surface area contributed by atoms with Gasteiger partial charge in [-0.25, -0.2) is 0 Å². The van der Waals surface area contributed by atoms with Crippen LogP contribution < -0.4 is 5.73 Å². The fourth-order valence-corrected chi connectivity index (χ4v) is 2.34. The average molecular weight is 215 g/mol. The van der Waals surface area contributed by atoms with Gasteiger partial charge in [0.25, 0.3) is 0 Å². The van der Waals surface area contributed by atoms with E-state index < -0.39 is 0 Å². The molecule has 0 aromatic heterocycles. The van der Waals surface area contributed by atoms with Crippen LogP contribution in [0, 0.1) is 5.92 Å². The van der Waals surface area contributed by atoms with Gasteiger partial charge in [-0.3, -0.25) is 0 Å². The molecule has 1 atom stereocenters. The second-order valence-electron chi connectivity index (χ2n) is 4.55. The molecule has 0 aromatic carbocycles. The number of hydrogen-bond acceptors (Lipinski definition) is 3. The molecule has 0 aliphatic heterocycles. The van der Waals surface area contributed by atoms with E-state index in [-0.39, 0.29) is 12.7 Å². The monoisotopic (exact) mass is 215 g/mol. The maximum atomic E-state index is 8.66. The first-order valence-corrected chi connectivity index (χ1v) is 6.29. The molecule has 0 bridgehead atoms. The van der Waals surface area contributed by atoms with Crippen molar-refractivity contribution in [3.05, 3.63) is 0 Å². The Balaban J connectivity index is 2.13. The Hall–Kier alpha value is -0.120. The summed E-state index contributed by atoms with van der Waals surface area (Å²) in [4.78, 5) is 0. The van der Waals surface area contributed by atoms with Crippen molar-refractivity contribution in [1.82, 2.24) is 0 Å². The van der Waals surface area contributed by atoms with E-state index >= 15 is 0 Å². The molecule has 90 valence electrons. The van der Waals surface area contributed by atoms with Crippen molar-refractivity contribution in [2.24, 2.45) is 11.7 Å². The molecule has 3 heteroatoms. The molecular formula is C12H25NO2. The Bertz CT molecular complexity index is 147. The van der Waals surface area contributed by atoms with E-state index in [0.29, 0.717) is 13.2 Å². The summed E-state index contributed by atoms with van der Waals surface area (Å²) in [6.07, 6.45) is 8.88. The van der Waals surface area contributed by atoms with Crippen LogP contribution in [-0.2, 0) is 4.74 Å². The maximum absolute atomic E-state index is 8.66. The molecule has 3 nitrogen and oxygen atoms in total. The normalized spacial score (nSPS) is 20.4. The molecule has 1 saturated carbocycles. The van der Waals surface area contributed by atoms with Crippen LogP contribution in [0.2, 0.25) is 0 Å². The molecule has 1 fully saturated rings. The standard InChI is InChI=1S/C12H25NO2/c13-10-12(15-8-4-7-14)9-11-5-2-1-3-6-11/h11-12,14H,1-10,13H2. The summed E-state index contributed by atoms with van der Waals surface area (Å²) in [5.41, 5.74) is 5.68. The van der Waals surface area contributed by atoms with Crippen molar-refractivity contribution >= 4 is 0 Å². The van der Waals surface area contributed by atoms with Gasteiger partial charge in [-0.05, 0) is 18.8 Å². The third kappa shape index (κ3) is 5.50. The summed E-state index contributed by atoms with van der Waals surface area (Å²) < 4.78 is 5.65. The summed E-state index contributed by atoms with van der Waals surface area (Å²) in [7, 11) is 0. The molecule has 1 aliphatic carbocycles. The van der Waals surface area contributed by atoms with E-state index in [1.54, 1.807) is 0 Å². The van der Waals surface area contributed by atoms with Gasteiger partial charge in [-0.2, -0.15) is 0 Å². The highest BCUT2D eigenvalue weighted by Crippen LogP contribution is 2.27. The highest BCUT2D eigenvalue weighted by atomic mass is 16.5. The molecule has 3 N–H and O–H groups in total. The third-order valence-electron chi connectivity index (χ3n) is 3.24. The zero-order valence-corrected chi connectivity index (χ0v) is 9.66. The Morgan fingerprint density at radius 2 is 2.00 bits per heavy atom. The van der Waals surface area contributed by atoms with Gasteiger partial charge in [0.05, 0.1) is 6.10 Å². The van der Waals surface area contributed by atoms with Crippen molar-refractivity contribution in [3.8, 4) is 0 Å².